The first-order valence-corrected chi connectivity index (χ1v) is 4.26. The third-order valence-electron chi connectivity index (χ3n) is 1.59. The average molecular weight is 210 g/mol. The largest absolute Gasteiger partial charge is 0.462 e. The number of halogens is 3. The summed E-state index contributed by atoms with van der Waals surface area (Å²) in [6.45, 7) is 2.79. The first-order valence-electron chi connectivity index (χ1n) is 4.26. The summed E-state index contributed by atoms with van der Waals surface area (Å²) in [6.07, 6.45) is 1.36. The summed E-state index contributed by atoms with van der Waals surface area (Å²) < 4.78 is 41.3. The normalized spacial score (nSPS) is 11.1. The molecule has 0 fully saturated rings. The van der Waals surface area contributed by atoms with Crippen molar-refractivity contribution in [2.75, 3.05) is 13.3 Å². The molecule has 0 amide bonds. The number of rotatable bonds is 6. The zero-order chi connectivity index (χ0) is 11.2. The summed E-state index contributed by atoms with van der Waals surface area (Å²) in [4.78, 5) is 10.9. The Kier molecular flexibility index (Phi) is 5.27. The van der Waals surface area contributed by atoms with Crippen LogP contribution in [0.5, 0.6) is 0 Å². The number of carbonyl (C=O) groups is 1. The molecule has 0 radical (unpaired) electrons. The summed E-state index contributed by atoms with van der Waals surface area (Å²) in [7, 11) is 0. The Morgan fingerprint density at radius 2 is 2.07 bits per heavy atom. The Labute approximate surface area is 80.7 Å². The van der Waals surface area contributed by atoms with Crippen molar-refractivity contribution >= 4 is 5.97 Å². The van der Waals surface area contributed by atoms with Crippen LogP contribution in [-0.4, -0.2) is 25.2 Å². The standard InChI is InChI=1S/C9H13F3O2/c1-3-4-5-14-8(13)7(2)9(11,12)6-10/h2-6H2,1H3. The molecule has 0 spiro atoms. The van der Waals surface area contributed by atoms with Crippen LogP contribution >= 0.6 is 0 Å². The molecule has 0 bridgehead atoms. The van der Waals surface area contributed by atoms with Gasteiger partial charge < -0.3 is 4.74 Å². The third kappa shape index (κ3) is 3.81. The molecule has 82 valence electrons. The van der Waals surface area contributed by atoms with Gasteiger partial charge in [-0.05, 0) is 6.42 Å². The summed E-state index contributed by atoms with van der Waals surface area (Å²) in [6, 6.07) is 0. The van der Waals surface area contributed by atoms with E-state index in [4.69, 9.17) is 0 Å². The molecule has 0 aliphatic rings. The zero-order valence-corrected chi connectivity index (χ0v) is 7.99. The van der Waals surface area contributed by atoms with E-state index in [0.717, 1.165) is 6.42 Å². The van der Waals surface area contributed by atoms with Crippen LogP contribution < -0.4 is 0 Å². The molecule has 0 aliphatic carbocycles. The van der Waals surface area contributed by atoms with Crippen molar-refractivity contribution in [2.45, 2.75) is 25.7 Å². The Morgan fingerprint density at radius 3 is 2.50 bits per heavy atom. The Hall–Kier alpha value is -1.00. The summed E-state index contributed by atoms with van der Waals surface area (Å²) in [5.41, 5.74) is -1.13. The molecule has 2 nitrogen and oxygen atoms in total. The molecule has 0 unspecified atom stereocenters. The van der Waals surface area contributed by atoms with Gasteiger partial charge in [-0.2, -0.15) is 8.78 Å². The molecule has 0 rings (SSSR count). The summed E-state index contributed by atoms with van der Waals surface area (Å²) >= 11 is 0. The molecule has 0 aliphatic heterocycles. The van der Waals surface area contributed by atoms with E-state index in [-0.39, 0.29) is 6.61 Å². The highest BCUT2D eigenvalue weighted by Gasteiger charge is 2.38. The van der Waals surface area contributed by atoms with E-state index in [9.17, 15) is 18.0 Å². The second-order valence-electron chi connectivity index (χ2n) is 2.81. The van der Waals surface area contributed by atoms with Crippen molar-refractivity contribution in [3.05, 3.63) is 12.2 Å². The van der Waals surface area contributed by atoms with E-state index in [2.05, 4.69) is 11.3 Å². The smallest absolute Gasteiger partial charge is 0.339 e. The Balaban J connectivity index is 4.06. The van der Waals surface area contributed by atoms with E-state index >= 15 is 0 Å². The molecule has 14 heavy (non-hydrogen) atoms. The number of carbonyl (C=O) groups excluding carboxylic acids is 1. The maximum atomic E-state index is 12.5. The van der Waals surface area contributed by atoms with Crippen LogP contribution in [0.2, 0.25) is 0 Å². The van der Waals surface area contributed by atoms with Gasteiger partial charge >= 0.3 is 11.9 Å². The van der Waals surface area contributed by atoms with E-state index in [1.54, 1.807) is 0 Å². The molecule has 5 heteroatoms. The fraction of sp³-hybridized carbons (Fsp3) is 0.667. The fourth-order valence-electron chi connectivity index (χ4n) is 0.626. The Morgan fingerprint density at radius 1 is 1.50 bits per heavy atom. The van der Waals surface area contributed by atoms with Crippen molar-refractivity contribution < 1.29 is 22.7 Å². The van der Waals surface area contributed by atoms with Gasteiger partial charge in [0.05, 0.1) is 6.61 Å². The van der Waals surface area contributed by atoms with Crippen LogP contribution in [-0.2, 0) is 9.53 Å². The van der Waals surface area contributed by atoms with E-state index < -0.39 is 24.1 Å². The fourth-order valence-corrected chi connectivity index (χ4v) is 0.626. The second-order valence-corrected chi connectivity index (χ2v) is 2.81. The molecule has 0 atom stereocenters. The van der Waals surface area contributed by atoms with Gasteiger partial charge in [-0.1, -0.05) is 19.9 Å². The number of ether oxygens (including phenoxy) is 1. The van der Waals surface area contributed by atoms with Crippen LogP contribution in [0.3, 0.4) is 0 Å². The number of alkyl halides is 3. The van der Waals surface area contributed by atoms with Gasteiger partial charge in [0.1, 0.15) is 5.57 Å². The van der Waals surface area contributed by atoms with Gasteiger partial charge in [0.2, 0.25) is 0 Å². The molecule has 0 heterocycles. The number of hydrogen-bond acceptors (Lipinski definition) is 2. The first kappa shape index (κ1) is 13.0. The predicted octanol–water partition coefficient (Wildman–Crippen LogP) is 2.49. The molecule has 0 N–H and O–H groups in total. The highest BCUT2D eigenvalue weighted by molar-refractivity contribution is 5.89. The monoisotopic (exact) mass is 210 g/mol. The quantitative estimate of drug-likeness (QED) is 0.382. The van der Waals surface area contributed by atoms with Gasteiger partial charge in [-0.15, -0.1) is 0 Å². The van der Waals surface area contributed by atoms with Crippen molar-refractivity contribution in [1.29, 1.82) is 0 Å². The van der Waals surface area contributed by atoms with Crippen molar-refractivity contribution in [3.8, 4) is 0 Å². The minimum atomic E-state index is -3.82. The van der Waals surface area contributed by atoms with Crippen molar-refractivity contribution in [2.24, 2.45) is 0 Å². The lowest BCUT2D eigenvalue weighted by Crippen LogP contribution is -2.28. The van der Waals surface area contributed by atoms with Gasteiger partial charge in [0.15, 0.2) is 6.67 Å². The summed E-state index contributed by atoms with van der Waals surface area (Å²) in [5.74, 6) is -5.05. The molecular weight excluding hydrogens is 197 g/mol. The van der Waals surface area contributed by atoms with Gasteiger partial charge in [-0.3, -0.25) is 0 Å². The van der Waals surface area contributed by atoms with Crippen LogP contribution in [0, 0.1) is 0 Å². The second kappa shape index (κ2) is 5.67. The predicted molar refractivity (Wildman–Crippen MR) is 45.9 cm³/mol. The van der Waals surface area contributed by atoms with Crippen LogP contribution in [0.4, 0.5) is 13.2 Å². The highest BCUT2D eigenvalue weighted by atomic mass is 19.3. The van der Waals surface area contributed by atoms with E-state index in [0.29, 0.717) is 6.42 Å². The van der Waals surface area contributed by atoms with Crippen molar-refractivity contribution in [3.63, 3.8) is 0 Å². The van der Waals surface area contributed by atoms with E-state index in [1.807, 2.05) is 6.92 Å². The molecule has 0 saturated carbocycles. The molecule has 0 aromatic carbocycles. The van der Waals surface area contributed by atoms with E-state index in [1.165, 1.54) is 0 Å². The van der Waals surface area contributed by atoms with Gasteiger partial charge in [0.25, 0.3) is 0 Å². The minimum Gasteiger partial charge on any atom is -0.462 e. The van der Waals surface area contributed by atoms with Crippen molar-refractivity contribution in [1.82, 2.24) is 0 Å². The number of esters is 1. The summed E-state index contributed by atoms with van der Waals surface area (Å²) in [5, 5.41) is 0. The molecular formula is C9H13F3O2. The zero-order valence-electron chi connectivity index (χ0n) is 7.99. The molecule has 0 aromatic rings. The average Bonchev–Trinajstić information content (AvgIpc) is 2.17. The lowest BCUT2D eigenvalue weighted by atomic mass is 10.2. The van der Waals surface area contributed by atoms with Crippen LogP contribution in [0.15, 0.2) is 12.2 Å². The number of unbranched alkanes of at least 4 members (excludes halogenated alkanes) is 1. The lowest BCUT2D eigenvalue weighted by molar-refractivity contribution is -0.143. The lowest BCUT2D eigenvalue weighted by Gasteiger charge is -2.13. The van der Waals surface area contributed by atoms with Gasteiger partial charge in [-0.25, -0.2) is 9.18 Å². The first-order chi connectivity index (χ1) is 6.45. The van der Waals surface area contributed by atoms with Crippen LogP contribution in [0.1, 0.15) is 19.8 Å². The topological polar surface area (TPSA) is 26.3 Å². The SMILES string of the molecule is C=C(C(=O)OCCCC)C(F)(F)CF. The molecule has 0 saturated heterocycles. The van der Waals surface area contributed by atoms with Crippen LogP contribution in [0.25, 0.3) is 0 Å². The molecule has 0 aromatic heterocycles. The maximum absolute atomic E-state index is 12.5. The minimum absolute atomic E-state index is 0.0523. The highest BCUT2D eigenvalue weighted by Crippen LogP contribution is 2.24. The number of hydrogen-bond donors (Lipinski definition) is 0. The third-order valence-corrected chi connectivity index (χ3v) is 1.59. The maximum Gasteiger partial charge on any atom is 0.339 e. The van der Waals surface area contributed by atoms with Gasteiger partial charge in [0, 0.05) is 0 Å². The Bertz CT molecular complexity index is 214.